The number of carboxylic acids is 1. The summed E-state index contributed by atoms with van der Waals surface area (Å²) in [5.41, 5.74) is 0.877. The van der Waals surface area contributed by atoms with Crippen LogP contribution < -0.4 is 5.32 Å². The number of aromatic nitrogens is 1. The second-order valence-corrected chi connectivity index (χ2v) is 5.06. The van der Waals surface area contributed by atoms with Crippen LogP contribution in [-0.4, -0.2) is 22.1 Å². The van der Waals surface area contributed by atoms with E-state index in [0.29, 0.717) is 24.2 Å². The first-order valence-corrected chi connectivity index (χ1v) is 6.41. The Balaban J connectivity index is 2.50. The molecule has 1 unspecified atom stereocenters. The molecule has 0 radical (unpaired) electrons. The number of rotatable bonds is 7. The number of hydrogen-bond acceptors (Lipinski definition) is 3. The number of aromatic carboxylic acids is 1. The maximum absolute atomic E-state index is 11.0. The Morgan fingerprint density at radius 2 is 2.11 bits per heavy atom. The molecule has 18 heavy (non-hydrogen) atoms. The van der Waals surface area contributed by atoms with Crippen LogP contribution >= 0.6 is 0 Å². The molecule has 0 fully saturated rings. The quantitative estimate of drug-likeness (QED) is 0.781. The summed E-state index contributed by atoms with van der Waals surface area (Å²) in [6, 6.07) is 3.61. The summed E-state index contributed by atoms with van der Waals surface area (Å²) in [6.45, 7) is 7.02. The molecule has 4 nitrogen and oxygen atoms in total. The van der Waals surface area contributed by atoms with Gasteiger partial charge in [-0.3, -0.25) is 4.98 Å². The van der Waals surface area contributed by atoms with E-state index >= 15 is 0 Å². The van der Waals surface area contributed by atoms with Crippen molar-refractivity contribution in [3.63, 3.8) is 0 Å². The van der Waals surface area contributed by atoms with Crippen molar-refractivity contribution in [1.82, 2.24) is 10.3 Å². The van der Waals surface area contributed by atoms with Crippen LogP contribution in [0, 0.1) is 5.92 Å². The van der Waals surface area contributed by atoms with E-state index in [2.05, 4.69) is 31.1 Å². The van der Waals surface area contributed by atoms with E-state index in [-0.39, 0.29) is 5.56 Å². The second kappa shape index (κ2) is 7.11. The molecule has 4 heteroatoms. The van der Waals surface area contributed by atoms with Crippen LogP contribution in [0.15, 0.2) is 18.3 Å². The van der Waals surface area contributed by atoms with Crippen LogP contribution in [0.25, 0.3) is 0 Å². The number of carbonyl (C=O) groups is 1. The maximum atomic E-state index is 11.0. The molecule has 0 spiro atoms. The van der Waals surface area contributed by atoms with Gasteiger partial charge in [0.15, 0.2) is 0 Å². The minimum atomic E-state index is -0.922. The molecule has 1 aromatic rings. The summed E-state index contributed by atoms with van der Waals surface area (Å²) < 4.78 is 0. The molecule has 2 N–H and O–H groups in total. The van der Waals surface area contributed by atoms with Gasteiger partial charge in [-0.25, -0.2) is 4.79 Å². The van der Waals surface area contributed by atoms with Gasteiger partial charge in [0.25, 0.3) is 0 Å². The van der Waals surface area contributed by atoms with Crippen molar-refractivity contribution < 1.29 is 9.90 Å². The number of nitrogens with zero attached hydrogens (tertiary/aromatic N) is 1. The SMILES string of the molecule is CC(C)CCC(C)NCc1ncccc1C(=O)O. The van der Waals surface area contributed by atoms with Crippen LogP contribution in [0.3, 0.4) is 0 Å². The lowest BCUT2D eigenvalue weighted by Crippen LogP contribution is -2.27. The first-order chi connectivity index (χ1) is 8.50. The van der Waals surface area contributed by atoms with E-state index in [9.17, 15) is 4.79 Å². The van der Waals surface area contributed by atoms with Gasteiger partial charge in [0.2, 0.25) is 0 Å². The fourth-order valence-electron chi connectivity index (χ4n) is 1.73. The Kier molecular flexibility index (Phi) is 5.78. The van der Waals surface area contributed by atoms with Crippen LogP contribution in [0.5, 0.6) is 0 Å². The molecule has 0 saturated carbocycles. The van der Waals surface area contributed by atoms with E-state index in [0.717, 1.165) is 6.42 Å². The van der Waals surface area contributed by atoms with Gasteiger partial charge in [-0.2, -0.15) is 0 Å². The van der Waals surface area contributed by atoms with Gasteiger partial charge in [-0.15, -0.1) is 0 Å². The molecule has 0 aliphatic heterocycles. The molecule has 0 bridgehead atoms. The molecule has 1 atom stereocenters. The van der Waals surface area contributed by atoms with E-state index < -0.39 is 5.97 Å². The summed E-state index contributed by atoms with van der Waals surface area (Å²) in [7, 11) is 0. The molecule has 0 aliphatic carbocycles. The molecule has 1 aromatic heterocycles. The third-order valence-electron chi connectivity index (χ3n) is 2.92. The number of pyridine rings is 1. The van der Waals surface area contributed by atoms with Gasteiger partial charge in [-0.1, -0.05) is 13.8 Å². The average molecular weight is 250 g/mol. The van der Waals surface area contributed by atoms with E-state index in [1.807, 2.05) is 0 Å². The summed E-state index contributed by atoms with van der Waals surface area (Å²) in [4.78, 5) is 15.1. The van der Waals surface area contributed by atoms with Crippen molar-refractivity contribution in [1.29, 1.82) is 0 Å². The second-order valence-electron chi connectivity index (χ2n) is 5.06. The number of carboxylic acid groups (broad SMARTS) is 1. The fraction of sp³-hybridized carbons (Fsp3) is 0.571. The van der Waals surface area contributed by atoms with Gasteiger partial charge >= 0.3 is 5.97 Å². The summed E-state index contributed by atoms with van der Waals surface area (Å²) in [5.74, 6) is -0.228. The molecule has 0 aliphatic rings. The number of nitrogens with one attached hydrogen (secondary N) is 1. The standard InChI is InChI=1S/C14H22N2O2/c1-10(2)6-7-11(3)16-9-13-12(14(17)18)5-4-8-15-13/h4-5,8,10-11,16H,6-7,9H2,1-3H3,(H,17,18). The molecule has 0 aromatic carbocycles. The summed E-state index contributed by atoms with van der Waals surface area (Å²) in [6.07, 6.45) is 3.89. The smallest absolute Gasteiger partial charge is 0.337 e. The van der Waals surface area contributed by atoms with Crippen molar-refractivity contribution >= 4 is 5.97 Å². The summed E-state index contributed by atoms with van der Waals surface area (Å²) >= 11 is 0. The molecule has 1 rings (SSSR count). The fourth-order valence-corrected chi connectivity index (χ4v) is 1.73. The Morgan fingerprint density at radius 1 is 1.39 bits per heavy atom. The molecular weight excluding hydrogens is 228 g/mol. The van der Waals surface area contributed by atoms with Gasteiger partial charge < -0.3 is 10.4 Å². The first kappa shape index (κ1) is 14.6. The lowest BCUT2D eigenvalue weighted by molar-refractivity contribution is 0.0695. The highest BCUT2D eigenvalue weighted by Gasteiger charge is 2.11. The van der Waals surface area contributed by atoms with Gasteiger partial charge in [0.05, 0.1) is 11.3 Å². The lowest BCUT2D eigenvalue weighted by Gasteiger charge is -2.15. The molecule has 100 valence electrons. The van der Waals surface area contributed by atoms with Gasteiger partial charge in [0, 0.05) is 18.8 Å². The minimum absolute atomic E-state index is 0.279. The van der Waals surface area contributed by atoms with Crippen LogP contribution in [0.2, 0.25) is 0 Å². The van der Waals surface area contributed by atoms with Crippen molar-refractivity contribution in [2.45, 2.75) is 46.2 Å². The van der Waals surface area contributed by atoms with Crippen LogP contribution in [-0.2, 0) is 6.54 Å². The third-order valence-corrected chi connectivity index (χ3v) is 2.92. The Hall–Kier alpha value is -1.42. The van der Waals surface area contributed by atoms with Gasteiger partial charge in [0.1, 0.15) is 0 Å². The first-order valence-electron chi connectivity index (χ1n) is 6.41. The molecule has 0 saturated heterocycles. The largest absolute Gasteiger partial charge is 0.478 e. The van der Waals surface area contributed by atoms with E-state index in [4.69, 9.17) is 5.11 Å². The van der Waals surface area contributed by atoms with Crippen molar-refractivity contribution in [2.24, 2.45) is 5.92 Å². The van der Waals surface area contributed by atoms with Gasteiger partial charge in [-0.05, 0) is 37.8 Å². The minimum Gasteiger partial charge on any atom is -0.478 e. The average Bonchev–Trinajstić information content (AvgIpc) is 2.34. The van der Waals surface area contributed by atoms with Crippen molar-refractivity contribution in [3.8, 4) is 0 Å². The van der Waals surface area contributed by atoms with E-state index in [1.165, 1.54) is 6.42 Å². The van der Waals surface area contributed by atoms with Crippen LogP contribution in [0.1, 0.15) is 49.7 Å². The molecule has 1 heterocycles. The van der Waals surface area contributed by atoms with Crippen molar-refractivity contribution in [3.05, 3.63) is 29.6 Å². The highest BCUT2D eigenvalue weighted by molar-refractivity contribution is 5.88. The lowest BCUT2D eigenvalue weighted by atomic mass is 10.0. The Labute approximate surface area is 108 Å². The summed E-state index contributed by atoms with van der Waals surface area (Å²) in [5, 5.41) is 12.4. The van der Waals surface area contributed by atoms with Crippen molar-refractivity contribution in [2.75, 3.05) is 0 Å². The highest BCUT2D eigenvalue weighted by Crippen LogP contribution is 2.09. The van der Waals surface area contributed by atoms with Crippen LogP contribution in [0.4, 0.5) is 0 Å². The monoisotopic (exact) mass is 250 g/mol. The highest BCUT2D eigenvalue weighted by atomic mass is 16.4. The maximum Gasteiger partial charge on any atom is 0.337 e. The molecular formula is C14H22N2O2. The zero-order valence-electron chi connectivity index (χ0n) is 11.3. The van der Waals surface area contributed by atoms with E-state index in [1.54, 1.807) is 18.3 Å². The predicted molar refractivity (Wildman–Crippen MR) is 71.6 cm³/mol. The Morgan fingerprint density at radius 3 is 2.72 bits per heavy atom. The zero-order chi connectivity index (χ0) is 13.5. The molecule has 0 amide bonds. The third kappa shape index (κ3) is 4.84. The zero-order valence-corrected chi connectivity index (χ0v) is 11.3. The topological polar surface area (TPSA) is 62.2 Å². The number of hydrogen-bond donors (Lipinski definition) is 2. The Bertz CT molecular complexity index is 391. The normalized spacial score (nSPS) is 12.7. The predicted octanol–water partition coefficient (Wildman–Crippen LogP) is 2.69.